The molecule has 0 aliphatic rings. The van der Waals surface area contributed by atoms with Gasteiger partial charge in [0.1, 0.15) is 9.88 Å². The second-order valence-corrected chi connectivity index (χ2v) is 8.54. The maximum absolute atomic E-state index is 12.4. The molecule has 2 aromatic carbocycles. The molecule has 0 aliphatic carbocycles. The van der Waals surface area contributed by atoms with Crippen molar-refractivity contribution in [1.29, 1.82) is 0 Å². The van der Waals surface area contributed by atoms with Crippen LogP contribution < -0.4 is 10.3 Å². The van der Waals surface area contributed by atoms with Gasteiger partial charge in [-0.15, -0.1) is 16.2 Å². The van der Waals surface area contributed by atoms with E-state index in [2.05, 4.69) is 15.2 Å². The van der Waals surface area contributed by atoms with Gasteiger partial charge in [0.15, 0.2) is 0 Å². The molecular weight excluding hydrogens is 382 g/mol. The van der Waals surface area contributed by atoms with Gasteiger partial charge in [-0.2, -0.15) is 0 Å². The molecule has 6 nitrogen and oxygen atoms in total. The van der Waals surface area contributed by atoms with Crippen molar-refractivity contribution in [2.45, 2.75) is 25.2 Å². The van der Waals surface area contributed by atoms with Gasteiger partial charge >= 0.3 is 0 Å². The molecule has 3 rings (SSSR count). The van der Waals surface area contributed by atoms with E-state index in [0.29, 0.717) is 15.6 Å². The Morgan fingerprint density at radius 2 is 1.74 bits per heavy atom. The summed E-state index contributed by atoms with van der Waals surface area (Å²) < 4.78 is 24.7. The summed E-state index contributed by atoms with van der Waals surface area (Å²) >= 11 is 1.21. The first-order valence-corrected chi connectivity index (χ1v) is 10.6. The molecule has 3 aromatic rings. The summed E-state index contributed by atoms with van der Waals surface area (Å²) in [5.41, 5.74) is 4.75. The van der Waals surface area contributed by atoms with Crippen LogP contribution in [0.5, 0.6) is 0 Å². The first kappa shape index (κ1) is 19.2. The van der Waals surface area contributed by atoms with Crippen LogP contribution in [0, 0.1) is 6.92 Å². The monoisotopic (exact) mass is 401 g/mol. The number of nitrogens with one attached hydrogen (secondary N) is 2. The Bertz CT molecular complexity index is 1040. The summed E-state index contributed by atoms with van der Waals surface area (Å²) in [6, 6.07) is 16.0. The number of sulfonamides is 1. The minimum absolute atomic E-state index is 0.0889. The van der Waals surface area contributed by atoms with Crippen molar-refractivity contribution in [1.82, 2.24) is 15.2 Å². The smallest absolute Gasteiger partial charge is 0.273 e. The lowest BCUT2D eigenvalue weighted by molar-refractivity contribution is 0.0948. The van der Waals surface area contributed by atoms with Crippen molar-refractivity contribution >= 4 is 27.3 Å². The molecule has 0 bridgehead atoms. The van der Waals surface area contributed by atoms with Crippen LogP contribution in [-0.2, 0) is 16.4 Å². The van der Waals surface area contributed by atoms with Gasteiger partial charge in [-0.1, -0.05) is 49.4 Å². The van der Waals surface area contributed by atoms with Crippen molar-refractivity contribution < 1.29 is 13.2 Å². The number of hydrogen-bond donors (Lipinski definition) is 2. The van der Waals surface area contributed by atoms with E-state index in [1.54, 1.807) is 19.1 Å². The molecule has 2 N–H and O–H groups in total. The lowest BCUT2D eigenvalue weighted by Crippen LogP contribution is -2.41. The summed E-state index contributed by atoms with van der Waals surface area (Å²) in [4.78, 5) is 19.4. The van der Waals surface area contributed by atoms with E-state index in [1.165, 1.54) is 23.5 Å². The van der Waals surface area contributed by atoms with Crippen LogP contribution in [0.25, 0.3) is 10.6 Å². The van der Waals surface area contributed by atoms with Gasteiger partial charge in [0.25, 0.3) is 15.9 Å². The Morgan fingerprint density at radius 3 is 2.37 bits per heavy atom. The largest absolute Gasteiger partial charge is 0.278 e. The van der Waals surface area contributed by atoms with Crippen molar-refractivity contribution in [2.75, 3.05) is 0 Å². The molecule has 0 spiro atoms. The van der Waals surface area contributed by atoms with E-state index in [4.69, 9.17) is 0 Å². The molecule has 140 valence electrons. The minimum atomic E-state index is -3.84. The topological polar surface area (TPSA) is 88.2 Å². The highest BCUT2D eigenvalue weighted by atomic mass is 32.2. The van der Waals surface area contributed by atoms with E-state index in [1.807, 2.05) is 37.3 Å². The third-order valence-corrected chi connectivity index (χ3v) is 6.43. The fraction of sp³-hybridized carbons (Fsp3) is 0.158. The van der Waals surface area contributed by atoms with Crippen molar-refractivity contribution in [3.63, 3.8) is 0 Å². The van der Waals surface area contributed by atoms with Gasteiger partial charge in [0, 0.05) is 5.56 Å². The van der Waals surface area contributed by atoms with Crippen LogP contribution in [0.15, 0.2) is 59.5 Å². The van der Waals surface area contributed by atoms with Gasteiger partial charge in [0.2, 0.25) is 0 Å². The Hall–Kier alpha value is -2.55. The Kier molecular flexibility index (Phi) is 5.69. The van der Waals surface area contributed by atoms with Crippen LogP contribution in [0.1, 0.15) is 27.9 Å². The molecule has 0 unspecified atom stereocenters. The zero-order valence-electron chi connectivity index (χ0n) is 14.9. The molecule has 0 saturated heterocycles. The Labute approximate surface area is 162 Å². The highest BCUT2D eigenvalue weighted by molar-refractivity contribution is 7.89. The van der Waals surface area contributed by atoms with Crippen molar-refractivity contribution in [3.05, 3.63) is 70.7 Å². The molecule has 0 atom stereocenters. The lowest BCUT2D eigenvalue weighted by Gasteiger charge is -2.08. The van der Waals surface area contributed by atoms with Gasteiger partial charge in [-0.25, -0.2) is 13.4 Å². The fourth-order valence-electron chi connectivity index (χ4n) is 2.44. The third-order valence-electron chi connectivity index (χ3n) is 3.96. The lowest BCUT2D eigenvalue weighted by atomic mass is 10.2. The van der Waals surface area contributed by atoms with Crippen molar-refractivity contribution in [3.8, 4) is 10.6 Å². The number of aryl methyl sites for hydroxylation is 2. The number of hydrogen-bond acceptors (Lipinski definition) is 5. The average Bonchev–Trinajstić information content (AvgIpc) is 3.09. The summed E-state index contributed by atoms with van der Waals surface area (Å²) in [6.07, 6.45) is 0.818. The molecule has 0 fully saturated rings. The van der Waals surface area contributed by atoms with Gasteiger partial charge < -0.3 is 0 Å². The van der Waals surface area contributed by atoms with Crippen LogP contribution in [-0.4, -0.2) is 19.3 Å². The number of carbonyl (C=O) groups is 1. The van der Waals surface area contributed by atoms with Crippen molar-refractivity contribution in [2.24, 2.45) is 0 Å². The predicted molar refractivity (Wildman–Crippen MR) is 106 cm³/mol. The average molecular weight is 402 g/mol. The number of amides is 1. The standard InChI is InChI=1S/C19H19N3O3S2/c1-3-14-9-11-16(12-10-14)27(24,25)22-21-18(23)17-13(2)20-19(26-17)15-7-5-4-6-8-15/h4-12,22H,3H2,1-2H3,(H,21,23). The number of hydrazine groups is 1. The highest BCUT2D eigenvalue weighted by Crippen LogP contribution is 2.27. The van der Waals surface area contributed by atoms with E-state index >= 15 is 0 Å². The molecule has 0 radical (unpaired) electrons. The van der Waals surface area contributed by atoms with Gasteiger partial charge in [-0.05, 0) is 31.0 Å². The number of carbonyl (C=O) groups excluding carboxylic acids is 1. The van der Waals surface area contributed by atoms with Crippen LogP contribution >= 0.6 is 11.3 Å². The van der Waals surface area contributed by atoms with Gasteiger partial charge in [0.05, 0.1) is 10.6 Å². The Morgan fingerprint density at radius 1 is 1.07 bits per heavy atom. The zero-order chi connectivity index (χ0) is 19.4. The molecule has 0 saturated carbocycles. The number of aromatic nitrogens is 1. The summed E-state index contributed by atoms with van der Waals surface area (Å²) in [7, 11) is -3.84. The van der Waals surface area contributed by atoms with E-state index in [9.17, 15) is 13.2 Å². The van der Waals surface area contributed by atoms with Gasteiger partial charge in [-0.3, -0.25) is 10.2 Å². The van der Waals surface area contributed by atoms with E-state index < -0.39 is 15.9 Å². The van der Waals surface area contributed by atoms with Crippen LogP contribution in [0.3, 0.4) is 0 Å². The summed E-state index contributed by atoms with van der Waals surface area (Å²) in [6.45, 7) is 3.71. The molecular formula is C19H19N3O3S2. The number of rotatable bonds is 6. The number of thiazole rings is 1. The highest BCUT2D eigenvalue weighted by Gasteiger charge is 2.19. The van der Waals surface area contributed by atoms with Crippen LogP contribution in [0.2, 0.25) is 0 Å². The molecule has 1 aromatic heterocycles. The molecule has 27 heavy (non-hydrogen) atoms. The maximum atomic E-state index is 12.4. The predicted octanol–water partition coefficient (Wildman–Crippen LogP) is 3.30. The molecule has 1 heterocycles. The first-order chi connectivity index (χ1) is 12.9. The van der Waals surface area contributed by atoms with Crippen LogP contribution in [0.4, 0.5) is 0 Å². The summed E-state index contributed by atoms with van der Waals surface area (Å²) in [5, 5.41) is 0.705. The minimum Gasteiger partial charge on any atom is -0.273 e. The number of nitrogens with zero attached hydrogens (tertiary/aromatic N) is 1. The zero-order valence-corrected chi connectivity index (χ0v) is 16.5. The molecule has 0 aliphatic heterocycles. The maximum Gasteiger partial charge on any atom is 0.278 e. The normalized spacial score (nSPS) is 11.3. The Balaban J connectivity index is 1.73. The van der Waals surface area contributed by atoms with E-state index in [0.717, 1.165) is 17.5 Å². The summed E-state index contributed by atoms with van der Waals surface area (Å²) in [5.74, 6) is -0.541. The fourth-order valence-corrected chi connectivity index (χ4v) is 4.25. The number of benzene rings is 2. The molecule has 1 amide bonds. The van der Waals surface area contributed by atoms with E-state index in [-0.39, 0.29) is 4.90 Å². The third kappa shape index (κ3) is 4.41. The second-order valence-electron chi connectivity index (χ2n) is 5.86. The SMILES string of the molecule is CCc1ccc(S(=O)(=O)NNC(=O)c2sc(-c3ccccc3)nc2C)cc1. The quantitative estimate of drug-likeness (QED) is 0.620. The first-order valence-electron chi connectivity index (χ1n) is 8.34. The molecule has 8 heteroatoms. The second kappa shape index (κ2) is 7.99.